The fourth-order valence-corrected chi connectivity index (χ4v) is 3.38. The number of nitrogen functional groups attached to an aromatic ring is 1. The molecular formula is C31H50BrN5O4. The van der Waals surface area contributed by atoms with Crippen molar-refractivity contribution in [2.75, 3.05) is 28.7 Å². The van der Waals surface area contributed by atoms with Crippen LogP contribution in [0.2, 0.25) is 0 Å². The molecule has 0 saturated carbocycles. The van der Waals surface area contributed by atoms with E-state index in [1.54, 1.807) is 13.0 Å². The van der Waals surface area contributed by atoms with Gasteiger partial charge < -0.3 is 15.4 Å². The molecule has 2 N–H and O–H groups in total. The Morgan fingerprint density at radius 3 is 2.15 bits per heavy atom. The van der Waals surface area contributed by atoms with Gasteiger partial charge in [0.15, 0.2) is 0 Å². The number of nitrogens with zero attached hydrogens (tertiary/aromatic N) is 4. The Balaban J connectivity index is 0. The van der Waals surface area contributed by atoms with Gasteiger partial charge in [0.2, 0.25) is 5.82 Å². The standard InChI is InChI=1S/C21H24BrN5O4.C5H12.C3H8.C2H6/c1-5-10-25(14(3)4)16-9-7-8-15(11-16)13-26(21(28)31-6-2)17-12-18(22)24-20(23)19(17)27(29)30;1-5(2,3)4;1-3-2;1-2/h5,7-9,11-12H,1,3,6,10,13H2,2,4H3,(H2,23,24);1-4H3;3H2,1-2H3;1-2H3. The highest BCUT2D eigenvalue weighted by Gasteiger charge is 2.30. The van der Waals surface area contributed by atoms with E-state index >= 15 is 0 Å². The molecule has 1 aromatic heterocycles. The number of ether oxygens (including phenoxy) is 1. The molecule has 0 unspecified atom stereocenters. The second-order valence-electron chi connectivity index (χ2n) is 10.3. The van der Waals surface area contributed by atoms with Gasteiger partial charge in [-0.25, -0.2) is 9.78 Å². The van der Waals surface area contributed by atoms with E-state index < -0.39 is 16.7 Å². The lowest BCUT2D eigenvalue weighted by molar-refractivity contribution is -0.383. The zero-order chi connectivity index (χ0) is 32.3. The van der Waals surface area contributed by atoms with Crippen molar-refractivity contribution < 1.29 is 14.5 Å². The van der Waals surface area contributed by atoms with Crippen molar-refractivity contribution >= 4 is 44.9 Å². The summed E-state index contributed by atoms with van der Waals surface area (Å²) in [7, 11) is 0. The van der Waals surface area contributed by atoms with Crippen molar-refractivity contribution in [2.45, 2.75) is 82.2 Å². The van der Waals surface area contributed by atoms with Crippen LogP contribution in [0.1, 0.15) is 81.2 Å². The van der Waals surface area contributed by atoms with E-state index in [-0.39, 0.29) is 29.3 Å². The molecule has 0 atom stereocenters. The van der Waals surface area contributed by atoms with Crippen molar-refractivity contribution in [3.05, 3.63) is 75.5 Å². The maximum atomic E-state index is 12.7. The van der Waals surface area contributed by atoms with Crippen LogP contribution < -0.4 is 15.5 Å². The van der Waals surface area contributed by atoms with Crippen LogP contribution in [0.4, 0.5) is 27.7 Å². The molecule has 0 saturated heterocycles. The monoisotopic (exact) mass is 635 g/mol. The number of halogens is 1. The number of carbonyl (C=O) groups excluding carboxylic acids is 1. The highest BCUT2D eigenvalue weighted by atomic mass is 79.9. The van der Waals surface area contributed by atoms with Gasteiger partial charge in [0.1, 0.15) is 10.3 Å². The summed E-state index contributed by atoms with van der Waals surface area (Å²) in [5.74, 6) is -0.308. The molecule has 0 aliphatic heterocycles. The van der Waals surface area contributed by atoms with Crippen molar-refractivity contribution in [3.63, 3.8) is 0 Å². The lowest BCUT2D eigenvalue weighted by atomic mass is 10.0. The number of rotatable bonds is 9. The predicted molar refractivity (Wildman–Crippen MR) is 177 cm³/mol. The Morgan fingerprint density at radius 1 is 1.17 bits per heavy atom. The van der Waals surface area contributed by atoms with Crippen LogP contribution in [0.25, 0.3) is 0 Å². The molecule has 0 aliphatic rings. The molecule has 9 nitrogen and oxygen atoms in total. The van der Waals surface area contributed by atoms with Gasteiger partial charge >= 0.3 is 11.8 Å². The number of benzene rings is 1. The average Bonchev–Trinajstić information content (AvgIpc) is 2.86. The average molecular weight is 637 g/mol. The van der Waals surface area contributed by atoms with Crippen LogP contribution in [0, 0.1) is 15.5 Å². The molecule has 1 amide bonds. The van der Waals surface area contributed by atoms with Crippen molar-refractivity contribution in [3.8, 4) is 0 Å². The molecule has 0 aliphatic carbocycles. The fourth-order valence-electron chi connectivity index (χ4n) is 2.97. The number of allylic oxidation sites excluding steroid dienone is 1. The van der Waals surface area contributed by atoms with Crippen LogP contribution in [-0.2, 0) is 11.3 Å². The summed E-state index contributed by atoms with van der Waals surface area (Å²) < 4.78 is 5.41. The minimum Gasteiger partial charge on any atom is -0.449 e. The zero-order valence-electron chi connectivity index (χ0n) is 26.6. The van der Waals surface area contributed by atoms with E-state index in [1.165, 1.54) is 17.4 Å². The van der Waals surface area contributed by atoms with Gasteiger partial charge in [-0.2, -0.15) is 0 Å². The third-order valence-electron chi connectivity index (χ3n) is 4.27. The van der Waals surface area contributed by atoms with Gasteiger partial charge in [0.25, 0.3) is 0 Å². The summed E-state index contributed by atoms with van der Waals surface area (Å²) in [6.45, 7) is 29.0. The molecule has 1 aromatic carbocycles. The van der Waals surface area contributed by atoms with Crippen molar-refractivity contribution in [1.82, 2.24) is 4.98 Å². The zero-order valence-corrected chi connectivity index (χ0v) is 28.2. The van der Waals surface area contributed by atoms with Crippen LogP contribution in [0.3, 0.4) is 0 Å². The molecule has 0 bridgehead atoms. The Bertz CT molecular complexity index is 1110. The number of carbonyl (C=O) groups is 1. The lowest BCUT2D eigenvalue weighted by Crippen LogP contribution is -2.32. The number of nitro groups is 1. The quantitative estimate of drug-likeness (QED) is 0.126. The molecule has 1 heterocycles. The topological polar surface area (TPSA) is 115 Å². The molecule has 0 radical (unpaired) electrons. The van der Waals surface area contributed by atoms with Gasteiger partial charge in [-0.1, -0.05) is 86.6 Å². The first kappa shape index (κ1) is 39.7. The van der Waals surface area contributed by atoms with Crippen molar-refractivity contribution in [1.29, 1.82) is 0 Å². The third-order valence-corrected chi connectivity index (χ3v) is 4.67. The maximum Gasteiger partial charge on any atom is 0.414 e. The third kappa shape index (κ3) is 15.8. The molecule has 2 rings (SSSR count). The minimum atomic E-state index is -0.739. The molecule has 0 fully saturated rings. The molecule has 0 spiro atoms. The largest absolute Gasteiger partial charge is 0.449 e. The van der Waals surface area contributed by atoms with Crippen LogP contribution >= 0.6 is 15.9 Å². The number of aromatic nitrogens is 1. The van der Waals surface area contributed by atoms with Crippen LogP contribution in [0.5, 0.6) is 0 Å². The van der Waals surface area contributed by atoms with Crippen LogP contribution in [0.15, 0.2) is 59.9 Å². The maximum absolute atomic E-state index is 12.7. The Kier molecular flexibility index (Phi) is 19.8. The number of hydrogen-bond acceptors (Lipinski definition) is 7. The van der Waals surface area contributed by atoms with Crippen LogP contribution in [-0.4, -0.2) is 29.2 Å². The Hall–Kier alpha value is -3.40. The Labute approximate surface area is 255 Å². The SMILES string of the molecule is C=CCN(C(=C)C)c1cccc(CN(C(=O)OCC)c2cc(Br)nc(N)c2[N+](=O)[O-])c1.CC.CC(C)(C)C.CCC. The van der Waals surface area contributed by atoms with Gasteiger partial charge in [-0.05, 0) is 52.9 Å². The number of anilines is 3. The highest BCUT2D eigenvalue weighted by Crippen LogP contribution is 2.36. The van der Waals surface area contributed by atoms with E-state index in [4.69, 9.17) is 10.5 Å². The van der Waals surface area contributed by atoms with E-state index in [2.05, 4.69) is 75.6 Å². The van der Waals surface area contributed by atoms with E-state index in [0.717, 1.165) is 16.9 Å². The summed E-state index contributed by atoms with van der Waals surface area (Å²) in [5, 5.41) is 11.6. The highest BCUT2D eigenvalue weighted by molar-refractivity contribution is 9.10. The normalized spacial score (nSPS) is 9.83. The van der Waals surface area contributed by atoms with Gasteiger partial charge in [0.05, 0.1) is 18.1 Å². The number of pyridine rings is 1. The summed E-state index contributed by atoms with van der Waals surface area (Å²) in [5.41, 5.74) is 8.17. The summed E-state index contributed by atoms with van der Waals surface area (Å²) in [6.07, 6.45) is 2.27. The van der Waals surface area contributed by atoms with Gasteiger partial charge in [-0.15, -0.1) is 6.58 Å². The first-order valence-corrected chi connectivity index (χ1v) is 14.6. The van der Waals surface area contributed by atoms with E-state index in [1.807, 2.05) is 49.9 Å². The molecule has 2 aromatic rings. The van der Waals surface area contributed by atoms with E-state index in [9.17, 15) is 14.9 Å². The fraction of sp³-hybridized carbons (Fsp3) is 0.484. The minimum absolute atomic E-state index is 0.0154. The van der Waals surface area contributed by atoms with E-state index in [0.29, 0.717) is 12.0 Å². The number of hydrogen-bond donors (Lipinski definition) is 1. The van der Waals surface area contributed by atoms with Crippen molar-refractivity contribution in [2.24, 2.45) is 5.41 Å². The second-order valence-corrected chi connectivity index (χ2v) is 11.1. The molecule has 230 valence electrons. The lowest BCUT2D eigenvalue weighted by Gasteiger charge is -2.25. The summed E-state index contributed by atoms with van der Waals surface area (Å²) in [4.78, 5) is 30.7. The first-order chi connectivity index (χ1) is 19.1. The molecule has 41 heavy (non-hydrogen) atoms. The molecule has 10 heteroatoms. The summed E-state index contributed by atoms with van der Waals surface area (Å²) >= 11 is 3.18. The Morgan fingerprint density at radius 2 is 1.71 bits per heavy atom. The smallest absolute Gasteiger partial charge is 0.414 e. The van der Waals surface area contributed by atoms with Gasteiger partial charge in [0, 0.05) is 24.0 Å². The molecular weight excluding hydrogens is 586 g/mol. The summed E-state index contributed by atoms with van der Waals surface area (Å²) in [6, 6.07) is 8.78. The first-order valence-electron chi connectivity index (χ1n) is 13.8. The number of amides is 1. The predicted octanol–water partition coefficient (Wildman–Crippen LogP) is 9.52. The number of nitrogens with two attached hydrogens (primary N) is 1. The van der Waals surface area contributed by atoms with Gasteiger partial charge in [-0.3, -0.25) is 15.0 Å². The second kappa shape index (κ2) is 20.5.